The zero-order valence-electron chi connectivity index (χ0n) is 13.6. The van der Waals surface area contributed by atoms with Gasteiger partial charge in [-0.25, -0.2) is 4.89 Å². The molecule has 22 heavy (non-hydrogen) atoms. The van der Waals surface area contributed by atoms with Gasteiger partial charge in [-0.1, -0.05) is 62.6 Å². The number of carboxylic acids is 1. The monoisotopic (exact) mass is 310 g/mol. The van der Waals surface area contributed by atoms with Gasteiger partial charge in [-0.15, -0.1) is 0 Å². The predicted molar refractivity (Wildman–Crippen MR) is 89.8 cm³/mol. The van der Waals surface area contributed by atoms with Crippen LogP contribution in [0, 0.1) is 0 Å². The number of carboxylic acid groups (broad SMARTS) is 1. The van der Waals surface area contributed by atoms with E-state index in [2.05, 4.69) is 17.9 Å². The average molecular weight is 310 g/mol. The van der Waals surface area contributed by atoms with E-state index in [1.54, 1.807) is 0 Å². The van der Waals surface area contributed by atoms with E-state index >= 15 is 0 Å². The Morgan fingerprint density at radius 2 is 1.77 bits per heavy atom. The summed E-state index contributed by atoms with van der Waals surface area (Å²) >= 11 is 0. The summed E-state index contributed by atoms with van der Waals surface area (Å²) in [5.41, 5.74) is 0. The number of unbranched alkanes of at least 4 members (excludes halogenated alkanes) is 5. The van der Waals surface area contributed by atoms with Gasteiger partial charge in [0.05, 0.1) is 0 Å². The summed E-state index contributed by atoms with van der Waals surface area (Å²) in [6, 6.07) is 0. The average Bonchev–Trinajstić information content (AvgIpc) is 2.50. The molecule has 1 unspecified atom stereocenters. The Bertz CT molecular complexity index is 345. The minimum atomic E-state index is -0.706. The van der Waals surface area contributed by atoms with Crippen LogP contribution in [0.15, 0.2) is 36.5 Å². The van der Waals surface area contributed by atoms with Crippen molar-refractivity contribution in [2.24, 2.45) is 0 Å². The summed E-state index contributed by atoms with van der Waals surface area (Å²) in [5.74, 6) is -0.706. The third kappa shape index (κ3) is 15.0. The van der Waals surface area contributed by atoms with Crippen molar-refractivity contribution in [3.05, 3.63) is 36.5 Å². The maximum absolute atomic E-state index is 10.3. The van der Waals surface area contributed by atoms with Crippen molar-refractivity contribution in [1.29, 1.82) is 0 Å². The van der Waals surface area contributed by atoms with Gasteiger partial charge in [-0.2, -0.15) is 0 Å². The number of hydrogen-bond acceptors (Lipinski definition) is 3. The normalized spacial score (nSPS) is 13.5. The summed E-state index contributed by atoms with van der Waals surface area (Å²) in [4.78, 5) is 14.7. The van der Waals surface area contributed by atoms with Gasteiger partial charge in [0.15, 0.2) is 0 Å². The van der Waals surface area contributed by atoms with E-state index in [0.717, 1.165) is 44.9 Å². The molecule has 0 aliphatic carbocycles. The van der Waals surface area contributed by atoms with Gasteiger partial charge < -0.3 is 5.11 Å². The van der Waals surface area contributed by atoms with E-state index in [0.29, 0.717) is 6.42 Å². The van der Waals surface area contributed by atoms with Crippen molar-refractivity contribution in [3.8, 4) is 0 Å². The van der Waals surface area contributed by atoms with Gasteiger partial charge >= 0.3 is 5.97 Å². The fourth-order valence-corrected chi connectivity index (χ4v) is 1.98. The highest BCUT2D eigenvalue weighted by Crippen LogP contribution is 2.08. The summed E-state index contributed by atoms with van der Waals surface area (Å²) < 4.78 is 0. The topological polar surface area (TPSA) is 66.8 Å². The molecule has 4 nitrogen and oxygen atoms in total. The number of allylic oxidation sites excluding steroid dienone is 4. The van der Waals surface area contributed by atoms with Crippen LogP contribution in [0.5, 0.6) is 0 Å². The van der Waals surface area contributed by atoms with Crippen molar-refractivity contribution in [2.45, 2.75) is 70.8 Å². The molecule has 0 saturated carbocycles. The zero-order chi connectivity index (χ0) is 16.5. The van der Waals surface area contributed by atoms with Crippen LogP contribution in [0.4, 0.5) is 0 Å². The van der Waals surface area contributed by atoms with Gasteiger partial charge in [0.25, 0.3) is 0 Å². The largest absolute Gasteiger partial charge is 0.481 e. The maximum atomic E-state index is 10.3. The Labute approximate surface area is 134 Å². The van der Waals surface area contributed by atoms with E-state index in [9.17, 15) is 4.79 Å². The lowest BCUT2D eigenvalue weighted by Crippen LogP contribution is -2.04. The van der Waals surface area contributed by atoms with E-state index in [1.807, 2.05) is 30.4 Å². The summed E-state index contributed by atoms with van der Waals surface area (Å²) in [6.45, 7) is 2.07. The molecule has 0 radical (unpaired) electrons. The third-order valence-electron chi connectivity index (χ3n) is 3.24. The van der Waals surface area contributed by atoms with Gasteiger partial charge in [-0.3, -0.25) is 10.1 Å². The first-order chi connectivity index (χ1) is 10.7. The van der Waals surface area contributed by atoms with Crippen molar-refractivity contribution in [3.63, 3.8) is 0 Å². The lowest BCUT2D eigenvalue weighted by atomic mass is 10.1. The molecule has 0 amide bonds. The summed E-state index contributed by atoms with van der Waals surface area (Å²) in [7, 11) is 0. The molecule has 4 heteroatoms. The first-order valence-electron chi connectivity index (χ1n) is 8.21. The molecule has 0 aromatic heterocycles. The third-order valence-corrected chi connectivity index (χ3v) is 3.24. The number of carbonyl (C=O) groups is 1. The standard InChI is InChI=1S/C18H30O4/c1-2-3-4-11-14-17(22-21)15-12-9-7-5-6-8-10-13-16-18(19)20/h3-4,9,11-12,14,17,21H,2,5-8,10,13,15-16H2,1H3,(H,19,20)/b4-3+,12-9-,14-11+. The van der Waals surface area contributed by atoms with Crippen molar-refractivity contribution >= 4 is 5.97 Å². The number of rotatable bonds is 14. The van der Waals surface area contributed by atoms with Crippen LogP contribution < -0.4 is 0 Å². The SMILES string of the molecule is CC/C=C/C=C/C(C/C=C\CCCCCCCC(=O)O)OO. The van der Waals surface area contributed by atoms with E-state index in [1.165, 1.54) is 0 Å². The molecule has 0 aromatic carbocycles. The zero-order valence-corrected chi connectivity index (χ0v) is 13.6. The molecular formula is C18H30O4. The molecular weight excluding hydrogens is 280 g/mol. The Morgan fingerprint density at radius 3 is 2.45 bits per heavy atom. The van der Waals surface area contributed by atoms with Crippen LogP contribution in [0.2, 0.25) is 0 Å². The molecule has 0 bridgehead atoms. The number of aliphatic carboxylic acids is 1. The van der Waals surface area contributed by atoms with E-state index in [-0.39, 0.29) is 12.5 Å². The fourth-order valence-electron chi connectivity index (χ4n) is 1.98. The van der Waals surface area contributed by atoms with Gasteiger partial charge in [0.2, 0.25) is 0 Å². The molecule has 0 rings (SSSR count). The van der Waals surface area contributed by atoms with Crippen LogP contribution >= 0.6 is 0 Å². The first kappa shape index (κ1) is 20.6. The lowest BCUT2D eigenvalue weighted by Gasteiger charge is -2.04. The molecule has 126 valence electrons. The lowest BCUT2D eigenvalue weighted by molar-refractivity contribution is -0.264. The van der Waals surface area contributed by atoms with Crippen LogP contribution in [0.3, 0.4) is 0 Å². The molecule has 0 spiro atoms. The van der Waals surface area contributed by atoms with Crippen LogP contribution in [0.25, 0.3) is 0 Å². The maximum Gasteiger partial charge on any atom is 0.303 e. The molecule has 0 heterocycles. The number of hydrogen-bond donors (Lipinski definition) is 2. The van der Waals surface area contributed by atoms with Crippen LogP contribution in [-0.2, 0) is 9.68 Å². The molecule has 0 fully saturated rings. The molecule has 2 N–H and O–H groups in total. The van der Waals surface area contributed by atoms with Crippen LogP contribution in [-0.4, -0.2) is 22.4 Å². The Balaban J connectivity index is 3.57. The quantitative estimate of drug-likeness (QED) is 0.153. The van der Waals surface area contributed by atoms with Gasteiger partial charge in [0, 0.05) is 6.42 Å². The second-order valence-corrected chi connectivity index (χ2v) is 5.27. The predicted octanol–water partition coefficient (Wildman–Crippen LogP) is 5.13. The van der Waals surface area contributed by atoms with Gasteiger partial charge in [-0.05, 0) is 32.1 Å². The second kappa shape index (κ2) is 16.0. The van der Waals surface area contributed by atoms with Crippen LogP contribution in [0.1, 0.15) is 64.7 Å². The van der Waals surface area contributed by atoms with Crippen molar-refractivity contribution in [1.82, 2.24) is 0 Å². The van der Waals surface area contributed by atoms with Crippen molar-refractivity contribution in [2.75, 3.05) is 0 Å². The summed E-state index contributed by atoms with van der Waals surface area (Å²) in [6.07, 6.45) is 19.6. The summed E-state index contributed by atoms with van der Waals surface area (Å²) in [5, 5.41) is 17.3. The molecule has 0 aromatic rings. The minimum absolute atomic E-state index is 0.281. The highest BCUT2D eigenvalue weighted by Gasteiger charge is 2.00. The highest BCUT2D eigenvalue weighted by atomic mass is 17.1. The highest BCUT2D eigenvalue weighted by molar-refractivity contribution is 5.66. The van der Waals surface area contributed by atoms with E-state index in [4.69, 9.17) is 10.4 Å². The van der Waals surface area contributed by atoms with Gasteiger partial charge in [0.1, 0.15) is 6.10 Å². The Hall–Kier alpha value is -1.39. The smallest absolute Gasteiger partial charge is 0.303 e. The Morgan fingerprint density at radius 1 is 1.05 bits per heavy atom. The minimum Gasteiger partial charge on any atom is -0.481 e. The second-order valence-electron chi connectivity index (χ2n) is 5.27. The molecule has 0 saturated heterocycles. The Kier molecular flexibility index (Phi) is 15.0. The molecule has 0 aliphatic heterocycles. The fraction of sp³-hybridized carbons (Fsp3) is 0.611. The van der Waals surface area contributed by atoms with E-state index < -0.39 is 5.97 Å². The van der Waals surface area contributed by atoms with Crippen molar-refractivity contribution < 1.29 is 20.0 Å². The molecule has 1 atom stereocenters. The molecule has 0 aliphatic rings. The first-order valence-corrected chi connectivity index (χ1v) is 8.21.